The average molecular weight is 469 g/mol. The Bertz CT molecular complexity index is 1500. The van der Waals surface area contributed by atoms with Crippen molar-refractivity contribution in [1.29, 1.82) is 0 Å². The van der Waals surface area contributed by atoms with Crippen LogP contribution in [-0.2, 0) is 0 Å². The smallest absolute Gasteiger partial charge is 0.179 e. The summed E-state index contributed by atoms with van der Waals surface area (Å²) in [5.41, 5.74) is 2.83. The molecule has 6 rings (SSSR count). The van der Waals surface area contributed by atoms with Crippen molar-refractivity contribution in [3.05, 3.63) is 140 Å². The highest BCUT2D eigenvalue weighted by Gasteiger charge is 2.41. The summed E-state index contributed by atoms with van der Waals surface area (Å²) in [6.45, 7) is 0. The van der Waals surface area contributed by atoms with Gasteiger partial charge in [0.15, 0.2) is 8.07 Å². The molecule has 4 heteroatoms. The van der Waals surface area contributed by atoms with E-state index < -0.39 is 8.07 Å². The summed E-state index contributed by atoms with van der Waals surface area (Å²) in [5.74, 6) is 0.245. The molecule has 0 radical (unpaired) electrons. The van der Waals surface area contributed by atoms with Crippen molar-refractivity contribution in [3.63, 3.8) is 0 Å². The molecule has 0 amide bonds. The molecule has 0 unspecified atom stereocenters. The van der Waals surface area contributed by atoms with Gasteiger partial charge in [0.25, 0.3) is 0 Å². The summed E-state index contributed by atoms with van der Waals surface area (Å²) in [4.78, 5) is 4.58. The zero-order chi connectivity index (χ0) is 23.7. The molecule has 0 saturated carbocycles. The van der Waals surface area contributed by atoms with E-state index in [4.69, 9.17) is 0 Å². The minimum absolute atomic E-state index is 0.245. The number of aromatic nitrogens is 2. The van der Waals surface area contributed by atoms with Gasteiger partial charge in [-0.3, -0.25) is 4.57 Å². The minimum atomic E-state index is -2.74. The number of nitrogens with zero attached hydrogens (tertiary/aromatic N) is 2. The number of phenolic OH excluding ortho intramolecular Hbond substituents is 1. The second-order valence-electron chi connectivity index (χ2n) is 8.69. The molecule has 0 bridgehead atoms. The van der Waals surface area contributed by atoms with Gasteiger partial charge in [0.05, 0.1) is 16.7 Å². The number of aromatic hydroxyl groups is 1. The Morgan fingerprint density at radius 3 is 1.63 bits per heavy atom. The van der Waals surface area contributed by atoms with Crippen LogP contribution in [0.5, 0.6) is 5.75 Å². The maximum Gasteiger partial charge on any atom is 0.179 e. The third kappa shape index (κ3) is 3.55. The van der Waals surface area contributed by atoms with Gasteiger partial charge in [0.2, 0.25) is 0 Å². The number of hydrogen-bond acceptors (Lipinski definition) is 2. The summed E-state index contributed by atoms with van der Waals surface area (Å²) < 4.78 is 2.05. The third-order valence-corrected chi connectivity index (χ3v) is 11.4. The van der Waals surface area contributed by atoms with Crippen LogP contribution in [0.4, 0.5) is 0 Å². The number of para-hydroxylation sites is 2. The summed E-state index contributed by atoms with van der Waals surface area (Å²) in [6, 6.07) is 46.2. The predicted octanol–water partition coefficient (Wildman–Crippen LogP) is 4.11. The number of rotatable bonds is 5. The highest BCUT2D eigenvalue weighted by molar-refractivity contribution is 7.19. The van der Waals surface area contributed by atoms with Crippen LogP contribution in [0.2, 0.25) is 0 Å². The first-order valence-electron chi connectivity index (χ1n) is 11.7. The lowest BCUT2D eigenvalue weighted by Gasteiger charge is -2.34. The number of fused-ring (bicyclic) bond motifs is 1. The molecule has 6 aromatic rings. The van der Waals surface area contributed by atoms with Gasteiger partial charge in [-0.25, -0.2) is 4.98 Å². The van der Waals surface area contributed by atoms with Gasteiger partial charge in [-0.15, -0.1) is 0 Å². The molecule has 1 aromatic heterocycles. The number of hydrogen-bond donors (Lipinski definition) is 1. The van der Waals surface area contributed by atoms with Crippen molar-refractivity contribution in [1.82, 2.24) is 9.55 Å². The quantitative estimate of drug-likeness (QED) is 0.306. The molecule has 5 aromatic carbocycles. The Kier molecular flexibility index (Phi) is 5.28. The van der Waals surface area contributed by atoms with Crippen LogP contribution < -0.4 is 20.7 Å². The Morgan fingerprint density at radius 1 is 0.543 bits per heavy atom. The Morgan fingerprint density at radius 2 is 1.06 bits per heavy atom. The normalized spacial score (nSPS) is 11.5. The topological polar surface area (TPSA) is 38.0 Å². The van der Waals surface area contributed by atoms with Crippen LogP contribution in [0.1, 0.15) is 0 Å². The SMILES string of the molecule is Oc1cc(-n2cnc3ccccc32)cc([Si](c2ccccc2)(c2ccccc2)c2ccccc2)c1. The van der Waals surface area contributed by atoms with Crippen LogP contribution in [0.25, 0.3) is 16.7 Å². The zero-order valence-corrected chi connectivity index (χ0v) is 20.1. The zero-order valence-electron chi connectivity index (χ0n) is 19.1. The monoisotopic (exact) mass is 468 g/mol. The van der Waals surface area contributed by atoms with Crippen molar-refractivity contribution >= 4 is 39.9 Å². The fraction of sp³-hybridized carbons (Fsp3) is 0. The molecule has 0 spiro atoms. The Labute approximate surface area is 205 Å². The summed E-state index contributed by atoms with van der Waals surface area (Å²) in [5, 5.41) is 16.0. The number of phenols is 1. The fourth-order valence-corrected chi connectivity index (χ4v) is 9.99. The molecule has 0 fully saturated rings. The summed E-state index contributed by atoms with van der Waals surface area (Å²) in [7, 11) is -2.74. The van der Waals surface area contributed by atoms with Crippen molar-refractivity contribution in [2.75, 3.05) is 0 Å². The van der Waals surface area contributed by atoms with E-state index in [0.717, 1.165) is 21.9 Å². The second-order valence-corrected chi connectivity index (χ2v) is 12.5. The van der Waals surface area contributed by atoms with Crippen molar-refractivity contribution in [3.8, 4) is 11.4 Å². The van der Waals surface area contributed by atoms with Crippen LogP contribution in [-0.4, -0.2) is 22.7 Å². The van der Waals surface area contributed by atoms with Gasteiger partial charge in [0.1, 0.15) is 12.1 Å². The van der Waals surface area contributed by atoms with Crippen LogP contribution in [0.3, 0.4) is 0 Å². The molecule has 1 heterocycles. The average Bonchev–Trinajstić information content (AvgIpc) is 3.35. The molecule has 1 N–H and O–H groups in total. The molecular formula is C31H24N2OSi. The van der Waals surface area contributed by atoms with E-state index in [1.165, 1.54) is 15.6 Å². The molecule has 0 aliphatic carbocycles. The summed E-state index contributed by atoms with van der Waals surface area (Å²) >= 11 is 0. The Balaban J connectivity index is 1.70. The van der Waals surface area contributed by atoms with E-state index in [9.17, 15) is 5.11 Å². The van der Waals surface area contributed by atoms with E-state index in [-0.39, 0.29) is 5.75 Å². The molecule has 0 saturated heterocycles. The molecule has 168 valence electrons. The number of benzene rings is 5. The first-order chi connectivity index (χ1) is 17.3. The van der Waals surface area contributed by atoms with Crippen LogP contribution in [0.15, 0.2) is 140 Å². The highest BCUT2D eigenvalue weighted by atomic mass is 28.3. The van der Waals surface area contributed by atoms with E-state index in [1.807, 2.05) is 36.7 Å². The van der Waals surface area contributed by atoms with E-state index in [2.05, 4.69) is 113 Å². The van der Waals surface area contributed by atoms with Gasteiger partial charge in [-0.1, -0.05) is 103 Å². The fourth-order valence-electron chi connectivity index (χ4n) is 5.18. The molecular weight excluding hydrogens is 444 g/mol. The Hall–Kier alpha value is -4.41. The van der Waals surface area contributed by atoms with Gasteiger partial charge < -0.3 is 5.11 Å². The standard InChI is InChI=1S/C31H24N2OSi/c34-25-20-24(33-23-32-30-18-10-11-19-31(30)33)21-29(22-25)35(26-12-4-1-5-13-26,27-14-6-2-7-15-27)28-16-8-3-9-17-28/h1-23,34H. The second kappa shape index (κ2) is 8.74. The van der Waals surface area contributed by atoms with Crippen molar-refractivity contribution in [2.45, 2.75) is 0 Å². The lowest BCUT2D eigenvalue weighted by Crippen LogP contribution is -2.74. The largest absolute Gasteiger partial charge is 0.508 e. The van der Waals surface area contributed by atoms with Gasteiger partial charge in [-0.2, -0.15) is 0 Å². The van der Waals surface area contributed by atoms with E-state index in [0.29, 0.717) is 0 Å². The minimum Gasteiger partial charge on any atom is -0.508 e. The maximum atomic E-state index is 11.1. The van der Waals surface area contributed by atoms with E-state index in [1.54, 1.807) is 0 Å². The summed E-state index contributed by atoms with van der Waals surface area (Å²) in [6.07, 6.45) is 1.83. The third-order valence-electron chi connectivity index (χ3n) is 6.69. The van der Waals surface area contributed by atoms with Crippen LogP contribution in [0, 0.1) is 0 Å². The van der Waals surface area contributed by atoms with Crippen LogP contribution >= 0.6 is 0 Å². The van der Waals surface area contributed by atoms with Gasteiger partial charge in [0, 0.05) is 6.07 Å². The maximum absolute atomic E-state index is 11.1. The molecule has 35 heavy (non-hydrogen) atoms. The predicted molar refractivity (Wildman–Crippen MR) is 146 cm³/mol. The first kappa shape index (κ1) is 21.1. The van der Waals surface area contributed by atoms with Gasteiger partial charge >= 0.3 is 0 Å². The molecule has 0 aliphatic heterocycles. The first-order valence-corrected chi connectivity index (χ1v) is 13.7. The van der Waals surface area contributed by atoms with Crippen molar-refractivity contribution < 1.29 is 5.11 Å². The van der Waals surface area contributed by atoms with Crippen molar-refractivity contribution in [2.24, 2.45) is 0 Å². The van der Waals surface area contributed by atoms with E-state index >= 15 is 0 Å². The molecule has 0 atom stereocenters. The lowest BCUT2D eigenvalue weighted by molar-refractivity contribution is 0.475. The molecule has 3 nitrogen and oxygen atoms in total. The van der Waals surface area contributed by atoms with Gasteiger partial charge in [-0.05, 0) is 45.0 Å². The number of imidazole rings is 1. The molecule has 0 aliphatic rings. The highest BCUT2D eigenvalue weighted by Crippen LogP contribution is 2.22. The lowest BCUT2D eigenvalue weighted by atomic mass is 10.2.